The average molecular weight is 708 g/mol. The molecule has 4 rings (SSSR count). The van der Waals surface area contributed by atoms with Gasteiger partial charge in [-0.05, 0) is 61.9 Å². The Bertz CT molecular complexity index is 1750. The molecule has 236 valence electrons. The summed E-state index contributed by atoms with van der Waals surface area (Å²) in [4.78, 5) is 29.4. The first-order valence-electron chi connectivity index (χ1n) is 14.0. The molecule has 0 aliphatic rings. The zero-order valence-electron chi connectivity index (χ0n) is 24.5. The number of carbonyl (C=O) groups is 2. The molecule has 45 heavy (non-hydrogen) atoms. The van der Waals surface area contributed by atoms with Crippen LogP contribution in [0.4, 0.5) is 5.69 Å². The molecular weight excluding hydrogens is 676 g/mol. The zero-order chi connectivity index (χ0) is 32.7. The van der Waals surface area contributed by atoms with Crippen molar-refractivity contribution in [2.75, 3.05) is 17.4 Å². The molecule has 7 nitrogen and oxygen atoms in total. The van der Waals surface area contributed by atoms with Crippen molar-refractivity contribution >= 4 is 73.9 Å². The zero-order valence-corrected chi connectivity index (χ0v) is 28.4. The molecule has 0 heterocycles. The van der Waals surface area contributed by atoms with Crippen molar-refractivity contribution < 1.29 is 18.0 Å². The highest BCUT2D eigenvalue weighted by atomic mass is 35.5. The number of carbonyl (C=O) groups excluding carboxylic acids is 2. The maximum atomic E-state index is 14.5. The predicted octanol–water partition coefficient (Wildman–Crippen LogP) is 7.58. The van der Waals surface area contributed by atoms with Crippen LogP contribution in [0.3, 0.4) is 0 Å². The number of amides is 2. The Kier molecular flexibility index (Phi) is 11.8. The van der Waals surface area contributed by atoms with Crippen LogP contribution in [0.15, 0.2) is 95.9 Å². The van der Waals surface area contributed by atoms with Gasteiger partial charge in [0, 0.05) is 40.1 Å². The van der Waals surface area contributed by atoms with Gasteiger partial charge >= 0.3 is 0 Å². The van der Waals surface area contributed by atoms with Crippen molar-refractivity contribution in [2.45, 2.75) is 37.8 Å². The molecule has 0 fully saturated rings. The molecule has 12 heteroatoms. The molecule has 0 aliphatic carbocycles. The van der Waals surface area contributed by atoms with Crippen LogP contribution < -0.4 is 9.62 Å². The molecule has 0 bridgehead atoms. The topological polar surface area (TPSA) is 86.8 Å². The van der Waals surface area contributed by atoms with Gasteiger partial charge in [-0.1, -0.05) is 100 Å². The first-order chi connectivity index (χ1) is 21.4. The number of hydrogen-bond donors (Lipinski definition) is 1. The van der Waals surface area contributed by atoms with Crippen LogP contribution in [0.1, 0.15) is 23.6 Å². The molecule has 0 spiro atoms. The van der Waals surface area contributed by atoms with Crippen molar-refractivity contribution in [2.24, 2.45) is 0 Å². The number of nitrogens with zero attached hydrogens (tertiary/aromatic N) is 2. The van der Waals surface area contributed by atoms with Crippen molar-refractivity contribution in [3.05, 3.63) is 128 Å². The van der Waals surface area contributed by atoms with E-state index in [9.17, 15) is 18.0 Å². The van der Waals surface area contributed by atoms with Crippen LogP contribution in [0, 0.1) is 6.92 Å². The van der Waals surface area contributed by atoms with E-state index in [0.717, 1.165) is 15.4 Å². The third kappa shape index (κ3) is 8.51. The highest BCUT2D eigenvalue weighted by Gasteiger charge is 2.35. The number of nitrogens with one attached hydrogen (secondary N) is 1. The second kappa shape index (κ2) is 15.3. The molecule has 0 saturated carbocycles. The van der Waals surface area contributed by atoms with E-state index >= 15 is 0 Å². The number of likely N-dealkylation sites (N-methyl/N-ethyl adjacent to an activating group) is 1. The van der Waals surface area contributed by atoms with Gasteiger partial charge in [0.1, 0.15) is 12.6 Å². The lowest BCUT2D eigenvalue weighted by atomic mass is 10.0. The van der Waals surface area contributed by atoms with Gasteiger partial charge in [-0.25, -0.2) is 8.42 Å². The van der Waals surface area contributed by atoms with Crippen molar-refractivity contribution in [3.63, 3.8) is 0 Å². The number of aryl methyl sites for hydroxylation is 1. The van der Waals surface area contributed by atoms with Crippen LogP contribution in [0.25, 0.3) is 0 Å². The van der Waals surface area contributed by atoms with Crippen LogP contribution in [0.2, 0.25) is 20.1 Å². The normalized spacial score (nSPS) is 12.0. The SMILES string of the molecule is CCNC(=O)C(Cc1ccccc1)N(Cc1c(Cl)cccc1Cl)C(=O)CN(c1cc(Cl)ccc1Cl)S(=O)(=O)c1ccc(C)cc1. The Hall–Kier alpha value is -3.27. The Morgan fingerprint density at radius 2 is 1.47 bits per heavy atom. The van der Waals surface area contributed by atoms with Gasteiger partial charge < -0.3 is 10.2 Å². The minimum Gasteiger partial charge on any atom is -0.355 e. The van der Waals surface area contributed by atoms with Crippen LogP contribution in [-0.2, 0) is 32.6 Å². The minimum atomic E-state index is -4.35. The molecule has 0 aliphatic heterocycles. The number of halogens is 4. The second-order valence-corrected chi connectivity index (χ2v) is 13.8. The first kappa shape index (κ1) is 34.6. The van der Waals surface area contributed by atoms with Gasteiger partial charge in [0.15, 0.2) is 0 Å². The highest BCUT2D eigenvalue weighted by Crippen LogP contribution is 2.34. The quantitative estimate of drug-likeness (QED) is 0.165. The molecule has 1 atom stereocenters. The third-order valence-electron chi connectivity index (χ3n) is 7.08. The summed E-state index contributed by atoms with van der Waals surface area (Å²) in [5, 5.41) is 3.67. The molecule has 0 aromatic heterocycles. The molecule has 1 unspecified atom stereocenters. The highest BCUT2D eigenvalue weighted by molar-refractivity contribution is 7.92. The number of benzene rings is 4. The van der Waals surface area contributed by atoms with E-state index in [1.54, 1.807) is 37.3 Å². The van der Waals surface area contributed by atoms with Crippen molar-refractivity contribution in [1.82, 2.24) is 10.2 Å². The van der Waals surface area contributed by atoms with E-state index in [4.69, 9.17) is 46.4 Å². The standard InChI is InChI=1S/C33H31Cl4N3O4S/c1-3-38-33(42)31(18-23-8-5-4-6-9-23)39(20-26-27(35)10-7-11-28(26)36)32(41)21-40(30-19-24(34)14-17-29(30)37)45(43,44)25-15-12-22(2)13-16-25/h4-17,19,31H,3,18,20-21H2,1-2H3,(H,38,42). The third-order valence-corrected chi connectivity index (χ3v) is 10.1. The van der Waals surface area contributed by atoms with Gasteiger partial charge in [0.2, 0.25) is 11.8 Å². The lowest BCUT2D eigenvalue weighted by Crippen LogP contribution is -2.53. The lowest BCUT2D eigenvalue weighted by molar-refractivity contribution is -0.140. The number of sulfonamides is 1. The summed E-state index contributed by atoms with van der Waals surface area (Å²) >= 11 is 25.9. The molecule has 4 aromatic carbocycles. The predicted molar refractivity (Wildman–Crippen MR) is 182 cm³/mol. The molecule has 2 amide bonds. The monoisotopic (exact) mass is 705 g/mol. The molecular formula is C33H31Cl4N3O4S. The van der Waals surface area contributed by atoms with Crippen molar-refractivity contribution in [1.29, 1.82) is 0 Å². The van der Waals surface area contributed by atoms with Gasteiger partial charge in [0.05, 0.1) is 15.6 Å². The van der Waals surface area contributed by atoms with Gasteiger partial charge in [-0.3, -0.25) is 13.9 Å². The summed E-state index contributed by atoms with van der Waals surface area (Å²) < 4.78 is 29.2. The summed E-state index contributed by atoms with van der Waals surface area (Å²) in [5.74, 6) is -1.11. The average Bonchev–Trinajstić information content (AvgIpc) is 3.01. The molecule has 0 radical (unpaired) electrons. The maximum absolute atomic E-state index is 14.5. The van der Waals surface area contributed by atoms with Crippen molar-refractivity contribution in [3.8, 4) is 0 Å². The van der Waals surface area contributed by atoms with E-state index in [1.807, 2.05) is 37.3 Å². The fourth-order valence-corrected chi connectivity index (χ4v) is 7.11. The fourth-order valence-electron chi connectivity index (χ4n) is 4.73. The second-order valence-electron chi connectivity index (χ2n) is 10.2. The van der Waals surface area contributed by atoms with Gasteiger partial charge in [0.25, 0.3) is 10.0 Å². The summed E-state index contributed by atoms with van der Waals surface area (Å²) in [7, 11) is -4.35. The molecule has 4 aromatic rings. The number of anilines is 1. The van der Waals surface area contributed by atoms with Crippen LogP contribution >= 0.6 is 46.4 Å². The summed E-state index contributed by atoms with van der Waals surface area (Å²) in [6.45, 7) is 3.03. The largest absolute Gasteiger partial charge is 0.355 e. The van der Waals surface area contributed by atoms with Crippen LogP contribution in [-0.4, -0.2) is 44.3 Å². The lowest BCUT2D eigenvalue weighted by Gasteiger charge is -2.34. The van der Waals surface area contributed by atoms with E-state index in [2.05, 4.69) is 5.32 Å². The fraction of sp³-hybridized carbons (Fsp3) is 0.212. The van der Waals surface area contributed by atoms with Gasteiger partial charge in [-0.2, -0.15) is 0 Å². The van der Waals surface area contributed by atoms with Gasteiger partial charge in [-0.15, -0.1) is 0 Å². The van der Waals surface area contributed by atoms with E-state index < -0.39 is 34.4 Å². The Morgan fingerprint density at radius 3 is 2.09 bits per heavy atom. The minimum absolute atomic E-state index is 0.00596. The first-order valence-corrected chi connectivity index (χ1v) is 17.0. The number of rotatable bonds is 12. The Labute approximate surface area is 283 Å². The summed E-state index contributed by atoms with van der Waals surface area (Å²) in [6.07, 6.45) is 0.142. The Morgan fingerprint density at radius 1 is 0.822 bits per heavy atom. The number of hydrogen-bond acceptors (Lipinski definition) is 4. The molecule has 0 saturated heterocycles. The smallest absolute Gasteiger partial charge is 0.264 e. The summed E-state index contributed by atoms with van der Waals surface area (Å²) in [6, 6.07) is 23.6. The summed E-state index contributed by atoms with van der Waals surface area (Å²) in [5.41, 5.74) is 2.06. The Balaban J connectivity index is 1.86. The van der Waals surface area contributed by atoms with E-state index in [0.29, 0.717) is 12.1 Å². The molecule has 1 N–H and O–H groups in total. The van der Waals surface area contributed by atoms with E-state index in [1.165, 1.54) is 35.2 Å². The maximum Gasteiger partial charge on any atom is 0.264 e. The van der Waals surface area contributed by atoms with Crippen LogP contribution in [0.5, 0.6) is 0 Å². The van der Waals surface area contributed by atoms with E-state index in [-0.39, 0.29) is 43.6 Å².